The van der Waals surface area contributed by atoms with Crippen LogP contribution in [0.5, 0.6) is 23.0 Å². The van der Waals surface area contributed by atoms with Crippen LogP contribution in [0.1, 0.15) is 158 Å². The fraction of sp³-hybridized carbons (Fsp3) is 0.356. The average Bonchev–Trinajstić information content (AvgIpc) is 1.58. The number of hydrogen-bond donors (Lipinski definition) is 1. The second-order valence-corrected chi connectivity index (χ2v) is 26.0. The highest BCUT2D eigenvalue weighted by atomic mass is 28.4. The van der Waals surface area contributed by atoms with Gasteiger partial charge < -0.3 is 37.7 Å². The normalized spacial score (nSPS) is 17.1. The summed E-state index contributed by atoms with van der Waals surface area (Å²) in [6.45, 7) is 20.5. The Kier molecular flexibility index (Phi) is 17.2. The van der Waals surface area contributed by atoms with Gasteiger partial charge in [-0.3, -0.25) is 4.23 Å². The third-order valence-corrected chi connectivity index (χ3v) is 20.5. The molecule has 13 rings (SSSR count). The molecule has 15 heteroatoms. The molecular formula is C73H80N8O6Si. The number of hydrogen-bond acceptors (Lipinski definition) is 12. The highest BCUT2D eigenvalue weighted by Gasteiger charge is 2.58. The van der Waals surface area contributed by atoms with Crippen LogP contribution >= 0.6 is 0 Å². The van der Waals surface area contributed by atoms with E-state index in [0.29, 0.717) is 92.7 Å². The van der Waals surface area contributed by atoms with Crippen LogP contribution in [0.2, 0.25) is 0 Å². The number of nitrogens with zero attached hydrogens (tertiary/aromatic N) is 7. The van der Waals surface area contributed by atoms with Gasteiger partial charge in [-0.05, 0) is 96.6 Å². The van der Waals surface area contributed by atoms with Crippen LogP contribution in [0.25, 0.3) is 53.9 Å². The van der Waals surface area contributed by atoms with Crippen molar-refractivity contribution in [3.05, 3.63) is 155 Å². The minimum absolute atomic E-state index is 0.373. The lowest BCUT2D eigenvalue weighted by molar-refractivity contribution is 0.118. The summed E-state index contributed by atoms with van der Waals surface area (Å²) in [5, 5.41) is 13.6. The number of benzene rings is 8. The van der Waals surface area contributed by atoms with Crippen molar-refractivity contribution in [1.29, 1.82) is 0 Å². The van der Waals surface area contributed by atoms with Crippen molar-refractivity contribution in [1.82, 2.24) is 14.1 Å². The standard InChI is InChI=1S/C73H80N8O6Si/c1-8-14-36-82-63-52-32-24-20-28-47(52)42-51-46-80-72(59(51)63)77-68-57-44-49-30-22-26-34-54(49)65(84-38-16-10-3)61(57)70(76-68)79-71-58-45-50-31-23-27-35-55(50)66(85-39-17-11-4)62(58)73(81(71)88(80,86-40-18-12-5)87-41-19-13-6)78-67-56-43-48-29-21-25-33-53(48)64(83-37-15-9-2)60(56)69(74-7)75-67/h20-35,42-45,68H,7-19,36-41,46H2,1-6H3,(H,76,79)/b77-72-,78-67-. The highest BCUT2D eigenvalue weighted by molar-refractivity contribution is 6.68. The van der Waals surface area contributed by atoms with Gasteiger partial charge in [0, 0.05) is 57.8 Å². The average molecular weight is 1190 g/mol. The van der Waals surface area contributed by atoms with Crippen molar-refractivity contribution < 1.29 is 27.8 Å². The Bertz CT molecular complexity index is 4270. The van der Waals surface area contributed by atoms with Gasteiger partial charge in [0.15, 0.2) is 11.7 Å². The molecule has 88 heavy (non-hydrogen) atoms. The van der Waals surface area contributed by atoms with Gasteiger partial charge in [0.1, 0.15) is 52.5 Å². The predicted molar refractivity (Wildman–Crippen MR) is 362 cm³/mol. The van der Waals surface area contributed by atoms with Crippen molar-refractivity contribution in [3.63, 3.8) is 0 Å². The van der Waals surface area contributed by atoms with Gasteiger partial charge in [-0.25, -0.2) is 25.0 Å². The Morgan fingerprint density at radius 2 is 1.01 bits per heavy atom. The molecule has 4 aliphatic rings. The molecule has 0 amide bonds. The van der Waals surface area contributed by atoms with Crippen LogP contribution in [0, 0.1) is 0 Å². The fourth-order valence-corrected chi connectivity index (χ4v) is 16.1. The third-order valence-electron chi connectivity index (χ3n) is 17.3. The molecule has 8 aromatic carbocycles. The Balaban J connectivity index is 1.23. The van der Waals surface area contributed by atoms with Crippen LogP contribution in [0.4, 0.5) is 11.6 Å². The van der Waals surface area contributed by atoms with Gasteiger partial charge >= 0.3 is 8.88 Å². The SMILES string of the molecule is C=NC1=N/C(=N\c2c3c(OCCCC)c4ccccc4cc3c3n2[Si](OCCCC)(OCCCC)N2Cc4cc5ccccc5c(OCCCC)c4/C2=N/C2N/C(=N\3)c3c2cc2ccccc2c3OCCCC)c2cc3ccccc3c(OCCCC)c21. The van der Waals surface area contributed by atoms with Gasteiger partial charge in [-0.2, -0.15) is 0 Å². The molecule has 14 nitrogen and oxygen atoms in total. The number of unbranched alkanes of at least 4 members (excludes halogenated alkanes) is 6. The summed E-state index contributed by atoms with van der Waals surface area (Å²) in [7, 11) is -4.41. The summed E-state index contributed by atoms with van der Waals surface area (Å²) in [4.78, 5) is 28.3. The number of rotatable bonds is 25. The van der Waals surface area contributed by atoms with Gasteiger partial charge in [0.25, 0.3) is 0 Å². The summed E-state index contributed by atoms with van der Waals surface area (Å²) in [6.07, 6.45) is 10.0. The molecule has 0 saturated heterocycles. The number of amidine groups is 4. The monoisotopic (exact) mass is 1190 g/mol. The van der Waals surface area contributed by atoms with E-state index in [0.717, 1.165) is 176 Å². The Morgan fingerprint density at radius 1 is 0.534 bits per heavy atom. The molecule has 1 atom stereocenters. The number of ether oxygens (including phenoxy) is 4. The van der Waals surface area contributed by atoms with E-state index < -0.39 is 15.0 Å². The molecule has 1 aromatic heterocycles. The van der Waals surface area contributed by atoms with Crippen molar-refractivity contribution in [2.24, 2.45) is 25.0 Å². The second kappa shape index (κ2) is 25.8. The number of fused-ring (bicyclic) bond motifs is 16. The van der Waals surface area contributed by atoms with E-state index in [-0.39, 0.29) is 0 Å². The molecule has 0 radical (unpaired) electrons. The number of aliphatic imine (C=N–C) groups is 5. The van der Waals surface area contributed by atoms with Crippen molar-refractivity contribution in [2.45, 2.75) is 131 Å². The first-order chi connectivity index (χ1) is 43.4. The first-order valence-electron chi connectivity index (χ1n) is 32.3. The largest absolute Gasteiger partial charge is 0.597 e. The van der Waals surface area contributed by atoms with Crippen molar-refractivity contribution in [2.75, 3.05) is 39.6 Å². The minimum Gasteiger partial charge on any atom is -0.492 e. The summed E-state index contributed by atoms with van der Waals surface area (Å²) in [5.74, 6) is 6.26. The van der Waals surface area contributed by atoms with E-state index in [9.17, 15) is 0 Å². The zero-order valence-corrected chi connectivity index (χ0v) is 52.8. The molecule has 1 unspecified atom stereocenters. The maximum Gasteiger partial charge on any atom is 0.597 e. The smallest absolute Gasteiger partial charge is 0.492 e. The first kappa shape index (κ1) is 58.6. The van der Waals surface area contributed by atoms with Crippen LogP contribution in [0.15, 0.2) is 146 Å². The molecule has 9 aromatic rings. The van der Waals surface area contributed by atoms with E-state index in [4.69, 9.17) is 47.8 Å². The number of nitrogens with one attached hydrogen (secondary N) is 1. The van der Waals surface area contributed by atoms with E-state index >= 15 is 0 Å². The highest BCUT2D eigenvalue weighted by Crippen LogP contribution is 2.53. The van der Waals surface area contributed by atoms with Gasteiger partial charge in [-0.1, -0.05) is 177 Å². The van der Waals surface area contributed by atoms with Crippen molar-refractivity contribution >= 4 is 104 Å². The van der Waals surface area contributed by atoms with E-state index in [1.54, 1.807) is 0 Å². The van der Waals surface area contributed by atoms with Gasteiger partial charge in [0.2, 0.25) is 0 Å². The summed E-state index contributed by atoms with van der Waals surface area (Å²) in [6, 6.07) is 42.9. The Morgan fingerprint density at radius 3 is 1.57 bits per heavy atom. The maximum atomic E-state index is 8.01. The molecule has 0 saturated carbocycles. The summed E-state index contributed by atoms with van der Waals surface area (Å²) >= 11 is 0. The number of aromatic nitrogens is 1. The topological polar surface area (TPSA) is 137 Å². The zero-order chi connectivity index (χ0) is 60.3. The van der Waals surface area contributed by atoms with Crippen molar-refractivity contribution in [3.8, 4) is 23.0 Å². The van der Waals surface area contributed by atoms with E-state index in [2.05, 4.69) is 183 Å². The lowest BCUT2D eigenvalue weighted by atomic mass is 9.99. The molecule has 4 aliphatic heterocycles. The van der Waals surface area contributed by atoms with E-state index in [1.807, 2.05) is 6.07 Å². The Hall–Kier alpha value is -8.37. The van der Waals surface area contributed by atoms with Gasteiger partial charge in [0.05, 0.1) is 48.5 Å². The van der Waals surface area contributed by atoms with E-state index in [1.165, 1.54) is 0 Å². The molecule has 0 spiro atoms. The summed E-state index contributed by atoms with van der Waals surface area (Å²) in [5.41, 5.74) is 5.30. The van der Waals surface area contributed by atoms with Crippen LogP contribution in [-0.2, 0) is 15.4 Å². The van der Waals surface area contributed by atoms with Crippen LogP contribution in [-0.4, -0.2) is 87.4 Å². The third kappa shape index (κ3) is 10.4. The minimum atomic E-state index is -4.41. The molecular weight excluding hydrogens is 1110 g/mol. The molecule has 0 fully saturated rings. The fourth-order valence-electron chi connectivity index (χ4n) is 12.8. The molecule has 0 aliphatic carbocycles. The van der Waals surface area contributed by atoms with Crippen LogP contribution in [0.3, 0.4) is 0 Å². The van der Waals surface area contributed by atoms with Gasteiger partial charge in [-0.15, -0.1) is 0 Å². The predicted octanol–water partition coefficient (Wildman–Crippen LogP) is 17.4. The summed E-state index contributed by atoms with van der Waals surface area (Å²) < 4.78 is 49.0. The molecule has 1 N–H and O–H groups in total. The van der Waals surface area contributed by atoms with Crippen LogP contribution < -0.4 is 24.3 Å². The Labute approximate surface area is 517 Å². The molecule has 5 heterocycles. The second-order valence-electron chi connectivity index (χ2n) is 23.4. The lowest BCUT2D eigenvalue weighted by Crippen LogP contribution is -2.64. The first-order valence-corrected chi connectivity index (χ1v) is 34.0. The molecule has 2 bridgehead atoms. The molecule has 452 valence electrons. The maximum absolute atomic E-state index is 8.01. The zero-order valence-electron chi connectivity index (χ0n) is 51.8. The quantitative estimate of drug-likeness (QED) is 0.0339. The lowest BCUT2D eigenvalue weighted by Gasteiger charge is -2.40.